The summed E-state index contributed by atoms with van der Waals surface area (Å²) in [5.74, 6) is 0.0150. The predicted octanol–water partition coefficient (Wildman–Crippen LogP) is 7.34. The molecule has 0 saturated carbocycles. The van der Waals surface area contributed by atoms with Gasteiger partial charge in [-0.3, -0.25) is 0 Å². The van der Waals surface area contributed by atoms with Gasteiger partial charge in [-0.2, -0.15) is 0 Å². The van der Waals surface area contributed by atoms with E-state index in [1.165, 1.54) is 19.2 Å². The number of aromatic hydroxyl groups is 1. The fourth-order valence-corrected chi connectivity index (χ4v) is 3.69. The Morgan fingerprint density at radius 2 is 1.67 bits per heavy atom. The van der Waals surface area contributed by atoms with Crippen LogP contribution in [-0.2, 0) is 13.2 Å². The molecule has 0 fully saturated rings. The lowest BCUT2D eigenvalue weighted by Gasteiger charge is -2.16. The van der Waals surface area contributed by atoms with Gasteiger partial charge >= 0.3 is 0 Å². The van der Waals surface area contributed by atoms with E-state index in [9.17, 15) is 9.50 Å². The van der Waals surface area contributed by atoms with Crippen LogP contribution < -0.4 is 14.8 Å². The van der Waals surface area contributed by atoms with Gasteiger partial charge in [-0.15, -0.1) is 0 Å². The van der Waals surface area contributed by atoms with Gasteiger partial charge < -0.3 is 19.9 Å². The second kappa shape index (κ2) is 9.84. The number of hydrogen-bond donors (Lipinski definition) is 2. The summed E-state index contributed by atoms with van der Waals surface area (Å²) in [5.41, 5.74) is 1.63. The second-order valence-electron chi connectivity index (χ2n) is 6.24. The Hall–Kier alpha value is -2.05. The van der Waals surface area contributed by atoms with Gasteiger partial charge in [-0.05, 0) is 42.0 Å². The van der Waals surface area contributed by atoms with Crippen LogP contribution in [0.25, 0.3) is 0 Å². The zero-order valence-corrected chi connectivity index (χ0v) is 18.6. The third-order valence-corrected chi connectivity index (χ3v) is 5.44. The number of phenols is 1. The summed E-state index contributed by atoms with van der Waals surface area (Å²) in [6.45, 7) is 0.261. The monoisotopic (exact) mass is 489 g/mol. The van der Waals surface area contributed by atoms with Crippen molar-refractivity contribution in [3.05, 3.63) is 79.5 Å². The maximum atomic E-state index is 14.0. The molecule has 0 aromatic heterocycles. The van der Waals surface area contributed by atoms with Crippen molar-refractivity contribution in [1.29, 1.82) is 0 Å². The molecule has 158 valence electrons. The first kappa shape index (κ1) is 22.6. The van der Waals surface area contributed by atoms with Crippen LogP contribution in [0, 0.1) is 5.82 Å². The Morgan fingerprint density at radius 3 is 2.30 bits per heavy atom. The minimum Gasteiger partial charge on any atom is -0.505 e. The molecule has 2 N–H and O–H groups in total. The zero-order chi connectivity index (χ0) is 21.8. The van der Waals surface area contributed by atoms with Crippen molar-refractivity contribution in [2.45, 2.75) is 13.2 Å². The normalized spacial score (nSPS) is 10.7. The Labute approximate surface area is 193 Å². The van der Waals surface area contributed by atoms with Crippen molar-refractivity contribution in [2.75, 3.05) is 12.4 Å². The van der Waals surface area contributed by atoms with Gasteiger partial charge in [0, 0.05) is 17.8 Å². The highest BCUT2D eigenvalue weighted by molar-refractivity contribution is 6.37. The molecule has 9 heteroatoms. The Balaban J connectivity index is 1.77. The molecular formula is C21H16Cl4FNO3. The number of hydrogen-bond acceptors (Lipinski definition) is 4. The van der Waals surface area contributed by atoms with Crippen LogP contribution in [0.15, 0.2) is 42.5 Å². The molecule has 0 heterocycles. The summed E-state index contributed by atoms with van der Waals surface area (Å²) < 4.78 is 25.1. The minimum absolute atomic E-state index is 0.107. The number of rotatable bonds is 7. The van der Waals surface area contributed by atoms with Gasteiger partial charge in [0.05, 0.1) is 27.2 Å². The van der Waals surface area contributed by atoms with Crippen LogP contribution in [0.4, 0.5) is 10.1 Å². The van der Waals surface area contributed by atoms with Crippen LogP contribution in [-0.4, -0.2) is 12.2 Å². The first-order chi connectivity index (χ1) is 14.3. The van der Waals surface area contributed by atoms with Crippen LogP contribution >= 0.6 is 46.4 Å². The minimum atomic E-state index is -0.468. The van der Waals surface area contributed by atoms with Gasteiger partial charge in [-0.1, -0.05) is 52.5 Å². The molecule has 4 nitrogen and oxygen atoms in total. The summed E-state index contributed by atoms with van der Waals surface area (Å²) in [6.07, 6.45) is 0. The molecule has 0 atom stereocenters. The third kappa shape index (κ3) is 5.16. The second-order valence-corrected chi connectivity index (χ2v) is 7.87. The van der Waals surface area contributed by atoms with Crippen molar-refractivity contribution in [1.82, 2.24) is 0 Å². The van der Waals surface area contributed by atoms with Crippen molar-refractivity contribution in [3.8, 4) is 17.2 Å². The molecule has 0 spiro atoms. The van der Waals surface area contributed by atoms with E-state index < -0.39 is 5.82 Å². The number of anilines is 1. The number of ether oxygens (including phenoxy) is 2. The largest absolute Gasteiger partial charge is 0.505 e. The first-order valence-electron chi connectivity index (χ1n) is 8.64. The Bertz CT molecular complexity index is 1040. The number of nitrogens with one attached hydrogen (secondary N) is 1. The molecule has 0 aliphatic carbocycles. The molecule has 0 amide bonds. The highest BCUT2D eigenvalue weighted by Gasteiger charge is 2.15. The van der Waals surface area contributed by atoms with E-state index in [1.807, 2.05) is 0 Å². The number of halogens is 5. The summed E-state index contributed by atoms with van der Waals surface area (Å²) in [7, 11) is 1.48. The van der Waals surface area contributed by atoms with Crippen LogP contribution in [0.5, 0.6) is 17.2 Å². The number of benzene rings is 3. The lowest BCUT2D eigenvalue weighted by molar-refractivity contribution is 0.280. The van der Waals surface area contributed by atoms with Crippen molar-refractivity contribution < 1.29 is 19.0 Å². The first-order valence-corrected chi connectivity index (χ1v) is 10.1. The molecule has 0 aliphatic heterocycles. The fourth-order valence-electron chi connectivity index (χ4n) is 2.70. The van der Waals surface area contributed by atoms with E-state index in [1.54, 1.807) is 30.3 Å². The lowest BCUT2D eigenvalue weighted by atomic mass is 10.2. The van der Waals surface area contributed by atoms with E-state index in [0.717, 1.165) is 5.56 Å². The zero-order valence-electron chi connectivity index (χ0n) is 15.6. The van der Waals surface area contributed by atoms with Crippen molar-refractivity contribution in [3.63, 3.8) is 0 Å². The highest BCUT2D eigenvalue weighted by Crippen LogP contribution is 2.38. The number of phenolic OH excluding ortho intramolecular Hbond substituents is 1. The molecule has 0 unspecified atom stereocenters. The molecule has 30 heavy (non-hydrogen) atoms. The highest BCUT2D eigenvalue weighted by atomic mass is 35.5. The fraction of sp³-hybridized carbons (Fsp3) is 0.143. The Morgan fingerprint density at radius 1 is 0.967 bits per heavy atom. The summed E-state index contributed by atoms with van der Waals surface area (Å²) in [6, 6.07) is 10.9. The van der Waals surface area contributed by atoms with Crippen molar-refractivity contribution in [2.24, 2.45) is 0 Å². The van der Waals surface area contributed by atoms with Gasteiger partial charge in [0.15, 0.2) is 17.2 Å². The van der Waals surface area contributed by atoms with Gasteiger partial charge in [0.25, 0.3) is 0 Å². The molecule has 0 radical (unpaired) electrons. The van der Waals surface area contributed by atoms with E-state index in [4.69, 9.17) is 55.9 Å². The quantitative estimate of drug-likeness (QED) is 0.340. The lowest BCUT2D eigenvalue weighted by Crippen LogP contribution is -2.04. The maximum Gasteiger partial charge on any atom is 0.180 e. The molecular weight excluding hydrogens is 475 g/mol. The van der Waals surface area contributed by atoms with Crippen LogP contribution in [0.1, 0.15) is 11.1 Å². The maximum absolute atomic E-state index is 14.0. The van der Waals surface area contributed by atoms with Gasteiger partial charge in [-0.25, -0.2) is 4.39 Å². The number of methoxy groups -OCH3 is 1. The molecule has 3 aromatic rings. The van der Waals surface area contributed by atoms with E-state index in [-0.39, 0.29) is 38.7 Å². The average Bonchev–Trinajstić information content (AvgIpc) is 2.70. The molecule has 0 aliphatic rings. The van der Waals surface area contributed by atoms with E-state index >= 15 is 0 Å². The predicted molar refractivity (Wildman–Crippen MR) is 119 cm³/mol. The third-order valence-electron chi connectivity index (χ3n) is 4.23. The molecule has 0 saturated heterocycles. The standard InChI is InChI=1S/C21H16Cl4FNO3/c1-29-19-6-11(9-27-12-7-15(23)20(28)16(24)8-12)5-17(25)21(19)30-10-13-14(22)3-2-4-18(13)26/h2-8,27-28H,9-10H2,1H3. The SMILES string of the molecule is COc1cc(CNc2cc(Cl)c(O)c(Cl)c2)cc(Cl)c1OCc1c(F)cccc1Cl. The molecule has 3 rings (SSSR count). The van der Waals surface area contributed by atoms with E-state index in [0.29, 0.717) is 23.0 Å². The van der Waals surface area contributed by atoms with Crippen LogP contribution in [0.3, 0.4) is 0 Å². The van der Waals surface area contributed by atoms with Crippen molar-refractivity contribution >= 4 is 52.1 Å². The summed E-state index contributed by atoms with van der Waals surface area (Å²) >= 11 is 24.3. The molecule has 0 bridgehead atoms. The van der Waals surface area contributed by atoms with Crippen LogP contribution in [0.2, 0.25) is 20.1 Å². The Kier molecular flexibility index (Phi) is 7.42. The summed E-state index contributed by atoms with van der Waals surface area (Å²) in [4.78, 5) is 0. The topological polar surface area (TPSA) is 50.7 Å². The average molecular weight is 491 g/mol. The van der Waals surface area contributed by atoms with E-state index in [2.05, 4.69) is 5.32 Å². The summed E-state index contributed by atoms with van der Waals surface area (Å²) in [5, 5.41) is 13.6. The molecule has 3 aromatic carbocycles. The van der Waals surface area contributed by atoms with Gasteiger partial charge in [0.1, 0.15) is 12.4 Å². The van der Waals surface area contributed by atoms with Gasteiger partial charge in [0.2, 0.25) is 0 Å². The smallest absolute Gasteiger partial charge is 0.180 e.